The molecule has 0 saturated heterocycles. The molecular formula is C12H16F3NO3S. The van der Waals surface area contributed by atoms with Gasteiger partial charge in [0.15, 0.2) is 0 Å². The molecule has 1 unspecified atom stereocenters. The van der Waals surface area contributed by atoms with Gasteiger partial charge in [-0.15, -0.1) is 0 Å². The van der Waals surface area contributed by atoms with E-state index < -0.39 is 21.0 Å². The van der Waals surface area contributed by atoms with Crippen LogP contribution in [0.1, 0.15) is 39.0 Å². The summed E-state index contributed by atoms with van der Waals surface area (Å²) in [5.41, 5.74) is -4.97. The van der Waals surface area contributed by atoms with Crippen LogP contribution in [0.3, 0.4) is 0 Å². The van der Waals surface area contributed by atoms with Crippen LogP contribution in [0.25, 0.3) is 0 Å². The molecule has 4 nitrogen and oxygen atoms in total. The van der Waals surface area contributed by atoms with Gasteiger partial charge in [0.2, 0.25) is 5.90 Å². The normalized spacial score (nSPS) is 28.0. The molecule has 20 heavy (non-hydrogen) atoms. The van der Waals surface area contributed by atoms with Crippen molar-refractivity contribution in [3.05, 3.63) is 11.6 Å². The van der Waals surface area contributed by atoms with E-state index in [1.807, 2.05) is 13.0 Å². The monoisotopic (exact) mass is 311 g/mol. The summed E-state index contributed by atoms with van der Waals surface area (Å²) in [4.78, 5) is 3.92. The van der Waals surface area contributed by atoms with Crippen molar-refractivity contribution in [3.63, 3.8) is 0 Å². The third-order valence-corrected chi connectivity index (χ3v) is 4.78. The highest BCUT2D eigenvalue weighted by Crippen LogP contribution is 2.44. The molecule has 2 rings (SSSR count). The third kappa shape index (κ3) is 2.84. The first kappa shape index (κ1) is 15.3. The molecule has 0 fully saturated rings. The van der Waals surface area contributed by atoms with E-state index >= 15 is 0 Å². The van der Waals surface area contributed by atoms with Gasteiger partial charge in [-0.05, 0) is 39.0 Å². The van der Waals surface area contributed by atoms with E-state index in [0.717, 1.165) is 12.0 Å². The highest BCUT2D eigenvalue weighted by molar-refractivity contribution is 7.88. The summed E-state index contributed by atoms with van der Waals surface area (Å²) in [6.07, 6.45) is 5.02. The maximum atomic E-state index is 12.4. The summed E-state index contributed by atoms with van der Waals surface area (Å²) >= 11 is 0. The van der Waals surface area contributed by atoms with E-state index in [9.17, 15) is 21.6 Å². The zero-order valence-corrected chi connectivity index (χ0v) is 11.9. The number of aliphatic imine (C=N–C) groups is 1. The first-order valence-electron chi connectivity index (χ1n) is 6.38. The molecule has 1 heterocycles. The smallest absolute Gasteiger partial charge is 0.360 e. The number of hydrogen-bond acceptors (Lipinski definition) is 4. The maximum Gasteiger partial charge on any atom is 0.534 e. The zero-order valence-electron chi connectivity index (χ0n) is 11.0. The summed E-state index contributed by atoms with van der Waals surface area (Å²) in [6, 6.07) is 0. The minimum atomic E-state index is -5.64. The Hall–Kier alpha value is -1.05. The number of allylic oxidation sites excluding steroid dienone is 2. The largest absolute Gasteiger partial charge is 0.534 e. The molecule has 0 aromatic heterocycles. The van der Waals surface area contributed by atoms with E-state index in [1.54, 1.807) is 0 Å². The zero-order chi connectivity index (χ0) is 15.0. The number of rotatable bonds is 1. The summed E-state index contributed by atoms with van der Waals surface area (Å²) in [5, 5.41) is 0. The van der Waals surface area contributed by atoms with Crippen molar-refractivity contribution >= 4 is 16.0 Å². The number of nitrogens with zero attached hydrogens (tertiary/aromatic N) is 1. The minimum Gasteiger partial charge on any atom is -0.360 e. The second-order valence-electron chi connectivity index (χ2n) is 5.31. The average Bonchev–Trinajstić information content (AvgIpc) is 2.34. The lowest BCUT2D eigenvalue weighted by atomic mass is 9.71. The van der Waals surface area contributed by atoms with E-state index in [-0.39, 0.29) is 5.90 Å². The highest BCUT2D eigenvalue weighted by Gasteiger charge is 2.52. The van der Waals surface area contributed by atoms with Crippen LogP contribution in [-0.2, 0) is 14.3 Å². The molecule has 114 valence electrons. The van der Waals surface area contributed by atoms with Gasteiger partial charge in [0, 0.05) is 6.54 Å². The molecule has 0 aromatic carbocycles. The van der Waals surface area contributed by atoms with E-state index in [4.69, 9.17) is 0 Å². The lowest BCUT2D eigenvalue weighted by molar-refractivity contribution is -0.0509. The molecular weight excluding hydrogens is 295 g/mol. The van der Waals surface area contributed by atoms with Gasteiger partial charge in [-0.1, -0.05) is 11.6 Å². The Balaban J connectivity index is 2.28. The summed E-state index contributed by atoms with van der Waals surface area (Å²) in [5.74, 6) is -0.273. The van der Waals surface area contributed by atoms with Gasteiger partial charge < -0.3 is 4.18 Å². The van der Waals surface area contributed by atoms with Crippen LogP contribution in [0, 0.1) is 5.41 Å². The minimum absolute atomic E-state index is 0.273. The fourth-order valence-corrected chi connectivity index (χ4v) is 3.10. The lowest BCUT2D eigenvalue weighted by Crippen LogP contribution is -2.41. The van der Waals surface area contributed by atoms with Gasteiger partial charge in [0.05, 0.1) is 5.41 Å². The van der Waals surface area contributed by atoms with E-state index in [1.165, 1.54) is 0 Å². The Morgan fingerprint density at radius 3 is 2.60 bits per heavy atom. The Bertz CT molecular complexity index is 551. The van der Waals surface area contributed by atoms with Crippen LogP contribution in [0.4, 0.5) is 13.2 Å². The van der Waals surface area contributed by atoms with Gasteiger partial charge in [0.25, 0.3) is 0 Å². The van der Waals surface area contributed by atoms with Gasteiger partial charge in [0.1, 0.15) is 0 Å². The topological polar surface area (TPSA) is 55.7 Å². The second kappa shape index (κ2) is 5.05. The van der Waals surface area contributed by atoms with Gasteiger partial charge >= 0.3 is 15.6 Å². The van der Waals surface area contributed by atoms with Crippen molar-refractivity contribution in [1.29, 1.82) is 0 Å². The first-order chi connectivity index (χ1) is 9.16. The quantitative estimate of drug-likeness (QED) is 0.424. The molecule has 2 aliphatic rings. The average molecular weight is 311 g/mol. The van der Waals surface area contributed by atoms with Crippen molar-refractivity contribution in [2.24, 2.45) is 10.4 Å². The Kier molecular flexibility index (Phi) is 3.88. The van der Waals surface area contributed by atoms with Crippen LogP contribution in [0.15, 0.2) is 16.6 Å². The molecule has 0 N–H and O–H groups in total. The predicted octanol–water partition coefficient (Wildman–Crippen LogP) is 3.16. The second-order valence-corrected chi connectivity index (χ2v) is 6.85. The van der Waals surface area contributed by atoms with Crippen LogP contribution in [0.5, 0.6) is 0 Å². The van der Waals surface area contributed by atoms with Gasteiger partial charge in [-0.25, -0.2) is 0 Å². The number of alkyl halides is 3. The molecule has 1 aliphatic heterocycles. The molecule has 1 aliphatic carbocycles. The summed E-state index contributed by atoms with van der Waals surface area (Å²) in [7, 11) is -5.64. The molecule has 0 radical (unpaired) electrons. The van der Waals surface area contributed by atoms with Crippen molar-refractivity contribution in [2.45, 2.75) is 44.5 Å². The fraction of sp³-hybridized carbons (Fsp3) is 0.750. The Morgan fingerprint density at radius 2 is 2.05 bits per heavy atom. The van der Waals surface area contributed by atoms with Crippen molar-refractivity contribution in [1.82, 2.24) is 0 Å². The van der Waals surface area contributed by atoms with Crippen molar-refractivity contribution in [2.75, 3.05) is 6.54 Å². The first-order valence-corrected chi connectivity index (χ1v) is 7.78. The Morgan fingerprint density at radius 1 is 1.35 bits per heavy atom. The molecule has 0 saturated carbocycles. The van der Waals surface area contributed by atoms with Crippen LogP contribution in [-0.4, -0.2) is 26.4 Å². The summed E-state index contributed by atoms with van der Waals surface area (Å²) in [6.45, 7) is 2.24. The highest BCUT2D eigenvalue weighted by atomic mass is 32.2. The third-order valence-electron chi connectivity index (χ3n) is 3.83. The molecule has 1 spiro atoms. The van der Waals surface area contributed by atoms with E-state index in [0.29, 0.717) is 32.2 Å². The SMILES string of the molecule is CC1=CCC2(CCCN=C2OS(=O)(=O)C(F)(F)F)CC1. The number of hydrogen-bond donors (Lipinski definition) is 0. The lowest BCUT2D eigenvalue weighted by Gasteiger charge is -2.38. The molecule has 0 amide bonds. The van der Waals surface area contributed by atoms with Gasteiger partial charge in [-0.3, -0.25) is 4.99 Å². The van der Waals surface area contributed by atoms with Crippen LogP contribution in [0.2, 0.25) is 0 Å². The molecule has 8 heteroatoms. The van der Waals surface area contributed by atoms with Crippen molar-refractivity contribution < 1.29 is 25.8 Å². The van der Waals surface area contributed by atoms with E-state index in [2.05, 4.69) is 9.18 Å². The molecule has 0 bridgehead atoms. The standard InChI is InChI=1S/C12H16F3NO3S/c1-9-3-6-11(7-4-9)5-2-8-16-10(11)19-20(17,18)12(13,14)15/h3H,2,4-8H2,1H3. The predicted molar refractivity (Wildman–Crippen MR) is 67.6 cm³/mol. The van der Waals surface area contributed by atoms with Crippen molar-refractivity contribution in [3.8, 4) is 0 Å². The molecule has 0 aromatic rings. The van der Waals surface area contributed by atoms with Crippen LogP contribution >= 0.6 is 0 Å². The van der Waals surface area contributed by atoms with Crippen LogP contribution < -0.4 is 0 Å². The fourth-order valence-electron chi connectivity index (χ4n) is 2.57. The Labute approximate surface area is 115 Å². The van der Waals surface area contributed by atoms with Gasteiger partial charge in [-0.2, -0.15) is 21.6 Å². The molecule has 1 atom stereocenters. The summed E-state index contributed by atoms with van der Waals surface area (Å²) < 4.78 is 64.0. The number of halogens is 3. The maximum absolute atomic E-state index is 12.4.